The number of morpholine rings is 1. The first-order valence-corrected chi connectivity index (χ1v) is 7.76. The predicted molar refractivity (Wildman–Crippen MR) is 91.5 cm³/mol. The number of nitrogen functional groups attached to an aromatic ring is 1. The lowest BCUT2D eigenvalue weighted by Gasteiger charge is -2.28. The molecule has 0 spiro atoms. The van der Waals surface area contributed by atoms with E-state index in [1.54, 1.807) is 0 Å². The standard InChI is InChI=1S/C17H19N5O/c1-11-2-3-14-12(8-11)13(10-19-14)15-9-16(21-17(18)20-15)22-4-6-23-7-5-22/h2-3,8-10,19H,4-7H2,1H3,(H2,18,20,21). The number of nitrogens with one attached hydrogen (secondary N) is 1. The van der Waals surface area contributed by atoms with Crippen LogP contribution in [0.25, 0.3) is 22.2 Å². The van der Waals surface area contributed by atoms with Crippen molar-refractivity contribution in [1.29, 1.82) is 0 Å². The van der Waals surface area contributed by atoms with E-state index in [4.69, 9.17) is 10.5 Å². The van der Waals surface area contributed by atoms with Crippen LogP contribution in [0.4, 0.5) is 11.8 Å². The number of ether oxygens (including phenoxy) is 1. The molecule has 2 aromatic heterocycles. The number of hydrogen-bond donors (Lipinski definition) is 2. The second kappa shape index (κ2) is 5.55. The van der Waals surface area contributed by atoms with Gasteiger partial charge in [-0.1, -0.05) is 11.6 Å². The molecule has 0 unspecified atom stereocenters. The summed E-state index contributed by atoms with van der Waals surface area (Å²) in [4.78, 5) is 14.3. The number of H-pyrrole nitrogens is 1. The zero-order chi connectivity index (χ0) is 15.8. The Labute approximate surface area is 134 Å². The van der Waals surface area contributed by atoms with Crippen LogP contribution >= 0.6 is 0 Å². The van der Waals surface area contributed by atoms with Gasteiger partial charge in [0.05, 0.1) is 18.9 Å². The van der Waals surface area contributed by atoms with Gasteiger partial charge in [0.2, 0.25) is 5.95 Å². The molecule has 1 aromatic carbocycles. The maximum absolute atomic E-state index is 5.96. The molecule has 1 aliphatic heterocycles. The van der Waals surface area contributed by atoms with Gasteiger partial charge in [-0.15, -0.1) is 0 Å². The first-order valence-electron chi connectivity index (χ1n) is 7.76. The molecule has 0 bridgehead atoms. The van der Waals surface area contributed by atoms with E-state index >= 15 is 0 Å². The van der Waals surface area contributed by atoms with Gasteiger partial charge in [0.15, 0.2) is 0 Å². The lowest BCUT2D eigenvalue weighted by Crippen LogP contribution is -2.36. The van der Waals surface area contributed by atoms with Crippen molar-refractivity contribution in [3.63, 3.8) is 0 Å². The highest BCUT2D eigenvalue weighted by Gasteiger charge is 2.16. The second-order valence-corrected chi connectivity index (χ2v) is 5.82. The number of aryl methyl sites for hydroxylation is 1. The molecule has 3 aromatic rings. The number of nitrogens with zero attached hydrogens (tertiary/aromatic N) is 3. The molecular formula is C17H19N5O. The van der Waals surface area contributed by atoms with Crippen LogP contribution in [0.2, 0.25) is 0 Å². The maximum atomic E-state index is 5.96. The van der Waals surface area contributed by atoms with Crippen molar-refractivity contribution in [2.24, 2.45) is 0 Å². The minimum atomic E-state index is 0.297. The Hall–Kier alpha value is -2.60. The van der Waals surface area contributed by atoms with Crippen LogP contribution in [0.3, 0.4) is 0 Å². The van der Waals surface area contributed by atoms with Crippen molar-refractivity contribution in [3.05, 3.63) is 36.0 Å². The summed E-state index contributed by atoms with van der Waals surface area (Å²) in [7, 11) is 0. The highest BCUT2D eigenvalue weighted by Crippen LogP contribution is 2.30. The van der Waals surface area contributed by atoms with E-state index in [0.29, 0.717) is 19.2 Å². The molecule has 0 amide bonds. The van der Waals surface area contributed by atoms with Gasteiger partial charge in [-0.25, -0.2) is 4.98 Å². The summed E-state index contributed by atoms with van der Waals surface area (Å²) >= 11 is 0. The lowest BCUT2D eigenvalue weighted by molar-refractivity contribution is 0.122. The quantitative estimate of drug-likeness (QED) is 0.759. The van der Waals surface area contributed by atoms with Gasteiger partial charge < -0.3 is 20.4 Å². The normalized spacial score (nSPS) is 15.3. The number of hydrogen-bond acceptors (Lipinski definition) is 5. The summed E-state index contributed by atoms with van der Waals surface area (Å²) in [6.07, 6.45) is 1.98. The lowest BCUT2D eigenvalue weighted by atomic mass is 10.1. The number of fused-ring (bicyclic) bond motifs is 1. The van der Waals surface area contributed by atoms with Crippen LogP contribution in [0.15, 0.2) is 30.5 Å². The van der Waals surface area contributed by atoms with Gasteiger partial charge in [-0.05, 0) is 19.1 Å². The minimum absolute atomic E-state index is 0.297. The van der Waals surface area contributed by atoms with E-state index in [1.807, 2.05) is 12.3 Å². The Morgan fingerprint density at radius 2 is 2.00 bits per heavy atom. The molecule has 0 aliphatic carbocycles. The molecule has 6 nitrogen and oxygen atoms in total. The third-order valence-electron chi connectivity index (χ3n) is 4.18. The van der Waals surface area contributed by atoms with Gasteiger partial charge in [0.25, 0.3) is 0 Å². The molecule has 1 aliphatic rings. The van der Waals surface area contributed by atoms with Gasteiger partial charge in [-0.2, -0.15) is 4.98 Å². The van der Waals surface area contributed by atoms with Crippen LogP contribution in [0.5, 0.6) is 0 Å². The maximum Gasteiger partial charge on any atom is 0.222 e. The molecule has 0 atom stereocenters. The van der Waals surface area contributed by atoms with E-state index in [9.17, 15) is 0 Å². The highest BCUT2D eigenvalue weighted by molar-refractivity contribution is 5.95. The monoisotopic (exact) mass is 309 g/mol. The number of benzene rings is 1. The Morgan fingerprint density at radius 1 is 1.17 bits per heavy atom. The molecule has 0 saturated carbocycles. The minimum Gasteiger partial charge on any atom is -0.378 e. The molecule has 6 heteroatoms. The molecule has 3 N–H and O–H groups in total. The first kappa shape index (κ1) is 14.0. The summed E-state index contributed by atoms with van der Waals surface area (Å²) in [5, 5.41) is 1.15. The van der Waals surface area contributed by atoms with Crippen molar-refractivity contribution in [2.75, 3.05) is 36.9 Å². The number of aromatic nitrogens is 3. The molecule has 118 valence electrons. The summed E-state index contributed by atoms with van der Waals surface area (Å²) in [5.41, 5.74) is 10.2. The topological polar surface area (TPSA) is 80.1 Å². The smallest absolute Gasteiger partial charge is 0.222 e. The third kappa shape index (κ3) is 2.61. The van der Waals surface area contributed by atoms with E-state index in [2.05, 4.69) is 45.0 Å². The van der Waals surface area contributed by atoms with E-state index in [1.165, 1.54) is 5.56 Å². The van der Waals surface area contributed by atoms with Crippen LogP contribution in [0, 0.1) is 6.92 Å². The van der Waals surface area contributed by atoms with Crippen molar-refractivity contribution in [2.45, 2.75) is 6.92 Å². The molecule has 1 saturated heterocycles. The number of nitrogens with two attached hydrogens (primary N) is 1. The van der Waals surface area contributed by atoms with Crippen molar-refractivity contribution >= 4 is 22.7 Å². The molecule has 3 heterocycles. The molecule has 23 heavy (non-hydrogen) atoms. The zero-order valence-corrected chi connectivity index (χ0v) is 13.0. The van der Waals surface area contributed by atoms with Gasteiger partial charge in [-0.3, -0.25) is 0 Å². The number of rotatable bonds is 2. The molecule has 0 radical (unpaired) electrons. The van der Waals surface area contributed by atoms with Gasteiger partial charge >= 0.3 is 0 Å². The Kier molecular flexibility index (Phi) is 3.38. The van der Waals surface area contributed by atoms with Crippen molar-refractivity contribution < 1.29 is 4.74 Å². The predicted octanol–water partition coefficient (Wildman–Crippen LogP) is 2.35. The van der Waals surface area contributed by atoms with Gasteiger partial charge in [0.1, 0.15) is 5.82 Å². The van der Waals surface area contributed by atoms with E-state index in [-0.39, 0.29) is 0 Å². The highest BCUT2D eigenvalue weighted by atomic mass is 16.5. The van der Waals surface area contributed by atoms with E-state index in [0.717, 1.165) is 41.1 Å². The second-order valence-electron chi connectivity index (χ2n) is 5.82. The van der Waals surface area contributed by atoms with Crippen molar-refractivity contribution in [1.82, 2.24) is 15.0 Å². The Bertz CT molecular complexity index is 851. The summed E-state index contributed by atoms with van der Waals surface area (Å²) in [6, 6.07) is 8.35. The largest absolute Gasteiger partial charge is 0.378 e. The fourth-order valence-corrected chi connectivity index (χ4v) is 2.99. The van der Waals surface area contributed by atoms with Gasteiger partial charge in [0, 0.05) is 41.8 Å². The van der Waals surface area contributed by atoms with Crippen LogP contribution < -0.4 is 10.6 Å². The third-order valence-corrected chi connectivity index (χ3v) is 4.18. The molecule has 4 rings (SSSR count). The average molecular weight is 309 g/mol. The zero-order valence-electron chi connectivity index (χ0n) is 13.0. The summed E-state index contributed by atoms with van der Waals surface area (Å²) < 4.78 is 5.40. The fraction of sp³-hybridized carbons (Fsp3) is 0.294. The first-order chi connectivity index (χ1) is 11.2. The Balaban J connectivity index is 1.81. The fourth-order valence-electron chi connectivity index (χ4n) is 2.99. The summed E-state index contributed by atoms with van der Waals surface area (Å²) in [6.45, 7) is 5.16. The van der Waals surface area contributed by atoms with Crippen LogP contribution in [-0.2, 0) is 4.74 Å². The van der Waals surface area contributed by atoms with Crippen LogP contribution in [-0.4, -0.2) is 41.3 Å². The molecular weight excluding hydrogens is 290 g/mol. The number of anilines is 2. The number of aromatic amines is 1. The molecule has 1 fully saturated rings. The van der Waals surface area contributed by atoms with Crippen molar-refractivity contribution in [3.8, 4) is 11.3 Å². The average Bonchev–Trinajstić information content (AvgIpc) is 2.98. The summed E-state index contributed by atoms with van der Waals surface area (Å²) in [5.74, 6) is 1.16. The Morgan fingerprint density at radius 3 is 2.83 bits per heavy atom. The van der Waals surface area contributed by atoms with Crippen LogP contribution in [0.1, 0.15) is 5.56 Å². The van der Waals surface area contributed by atoms with E-state index < -0.39 is 0 Å². The SMILES string of the molecule is Cc1ccc2[nH]cc(-c3cc(N4CCOCC4)nc(N)n3)c2c1.